The largest absolute Gasteiger partial charge is 0.507 e. The summed E-state index contributed by atoms with van der Waals surface area (Å²) in [4.78, 5) is 2.15. The molecule has 5 heteroatoms. The number of phenolic OH excluding ortho intramolecular Hbond substituents is 1. The van der Waals surface area contributed by atoms with Gasteiger partial charge in [0.05, 0.1) is 0 Å². The van der Waals surface area contributed by atoms with Crippen LogP contribution >= 0.6 is 0 Å². The first kappa shape index (κ1) is 21.1. The van der Waals surface area contributed by atoms with Crippen LogP contribution in [0.25, 0.3) is 0 Å². The van der Waals surface area contributed by atoms with E-state index in [4.69, 9.17) is 0 Å². The molecule has 1 aliphatic heterocycles. The Kier molecular flexibility index (Phi) is 6.34. The fourth-order valence-corrected chi connectivity index (χ4v) is 3.65. The second-order valence-corrected chi connectivity index (χ2v) is 9.39. The Bertz CT molecular complexity index is 576. The third kappa shape index (κ3) is 4.95. The second-order valence-electron chi connectivity index (χ2n) is 9.39. The minimum absolute atomic E-state index is 0.183. The molecule has 0 unspecified atom stereocenters. The molecule has 0 aromatic heterocycles. The average molecular weight is 369 g/mol. The Hall–Kier alpha value is -1.20. The van der Waals surface area contributed by atoms with Gasteiger partial charge in [0.2, 0.25) is 6.43 Å². The average Bonchev–Trinajstić information content (AvgIpc) is 2.51. The van der Waals surface area contributed by atoms with Crippen LogP contribution < -0.4 is 5.32 Å². The molecule has 148 valence electrons. The lowest BCUT2D eigenvalue weighted by Gasteiger charge is -2.37. The van der Waals surface area contributed by atoms with Gasteiger partial charge < -0.3 is 10.4 Å². The van der Waals surface area contributed by atoms with Crippen LogP contribution in [0.15, 0.2) is 12.1 Å². The van der Waals surface area contributed by atoms with Gasteiger partial charge in [-0.25, -0.2) is 8.78 Å². The molecule has 2 rings (SSSR count). The van der Waals surface area contributed by atoms with Gasteiger partial charge in [-0.3, -0.25) is 4.90 Å². The molecule has 1 aromatic carbocycles. The van der Waals surface area contributed by atoms with Crippen LogP contribution in [-0.2, 0) is 10.8 Å². The van der Waals surface area contributed by atoms with Crippen molar-refractivity contribution in [2.45, 2.75) is 71.3 Å². The zero-order chi connectivity index (χ0) is 19.7. The summed E-state index contributed by atoms with van der Waals surface area (Å²) in [6, 6.07) is 3.55. The number of nitrogens with zero attached hydrogens (tertiary/aromatic N) is 1. The Labute approximate surface area is 156 Å². The second kappa shape index (κ2) is 7.81. The highest BCUT2D eigenvalue weighted by Gasteiger charge is 2.31. The third-order valence-electron chi connectivity index (χ3n) is 5.13. The highest BCUT2D eigenvalue weighted by Crippen LogP contribution is 2.42. The van der Waals surface area contributed by atoms with Crippen LogP contribution in [0.4, 0.5) is 8.78 Å². The van der Waals surface area contributed by atoms with E-state index in [-0.39, 0.29) is 23.3 Å². The number of hydrogen-bond donors (Lipinski definition) is 2. The zero-order valence-corrected chi connectivity index (χ0v) is 17.0. The SMILES string of the molecule is CC(C)(C)c1cc([C@H](CC(F)F)N2CCNCC2)cc(C(C)(C)C)c1O. The number of phenols is 1. The first-order chi connectivity index (χ1) is 11.9. The van der Waals surface area contributed by atoms with E-state index in [0.29, 0.717) is 5.75 Å². The number of halogens is 2. The maximum absolute atomic E-state index is 13.4. The number of rotatable bonds is 4. The van der Waals surface area contributed by atoms with Crippen molar-refractivity contribution in [2.75, 3.05) is 26.2 Å². The van der Waals surface area contributed by atoms with Gasteiger partial charge in [0, 0.05) is 38.6 Å². The summed E-state index contributed by atoms with van der Waals surface area (Å²) < 4.78 is 26.8. The van der Waals surface area contributed by atoms with Gasteiger partial charge in [-0.05, 0) is 39.7 Å². The van der Waals surface area contributed by atoms with Gasteiger partial charge in [0.25, 0.3) is 0 Å². The number of aromatic hydroxyl groups is 1. The predicted octanol–water partition coefficient (Wildman–Crippen LogP) is 4.59. The fourth-order valence-electron chi connectivity index (χ4n) is 3.65. The molecule has 1 fully saturated rings. The standard InChI is InChI=1S/C21H34F2N2O/c1-20(2,3)15-11-14(12-16(19(15)26)21(4,5)6)17(13-18(22)23)25-9-7-24-8-10-25/h11-12,17-18,24,26H,7-10,13H2,1-6H3/t17-/m0/s1. The van der Waals surface area contributed by atoms with Crippen molar-refractivity contribution >= 4 is 0 Å². The normalized spacial score (nSPS) is 18.3. The molecule has 0 amide bonds. The van der Waals surface area contributed by atoms with Crippen LogP contribution in [-0.4, -0.2) is 42.6 Å². The molecular weight excluding hydrogens is 334 g/mol. The van der Waals surface area contributed by atoms with Gasteiger partial charge >= 0.3 is 0 Å². The van der Waals surface area contributed by atoms with Crippen molar-refractivity contribution in [1.29, 1.82) is 0 Å². The van der Waals surface area contributed by atoms with E-state index in [9.17, 15) is 13.9 Å². The van der Waals surface area contributed by atoms with Gasteiger partial charge in [0.15, 0.2) is 0 Å². The van der Waals surface area contributed by atoms with Crippen molar-refractivity contribution in [2.24, 2.45) is 0 Å². The van der Waals surface area contributed by atoms with E-state index >= 15 is 0 Å². The van der Waals surface area contributed by atoms with Crippen LogP contribution in [0, 0.1) is 0 Å². The lowest BCUT2D eigenvalue weighted by atomic mass is 9.77. The summed E-state index contributed by atoms with van der Waals surface area (Å²) in [5.41, 5.74) is 2.02. The molecule has 26 heavy (non-hydrogen) atoms. The molecule has 1 saturated heterocycles. The number of piperazine rings is 1. The van der Waals surface area contributed by atoms with Gasteiger partial charge in [-0.15, -0.1) is 0 Å². The Morgan fingerprint density at radius 1 is 1.00 bits per heavy atom. The van der Waals surface area contributed by atoms with Gasteiger partial charge in [-0.2, -0.15) is 0 Å². The smallest absolute Gasteiger partial charge is 0.240 e. The number of nitrogens with one attached hydrogen (secondary N) is 1. The van der Waals surface area contributed by atoms with Crippen LogP contribution in [0.2, 0.25) is 0 Å². The molecule has 0 radical (unpaired) electrons. The quantitative estimate of drug-likeness (QED) is 0.816. The minimum atomic E-state index is -2.36. The van der Waals surface area contributed by atoms with E-state index in [1.54, 1.807) is 0 Å². The molecule has 1 aliphatic rings. The van der Waals surface area contributed by atoms with Crippen LogP contribution in [0.5, 0.6) is 5.75 Å². The Morgan fingerprint density at radius 3 is 1.85 bits per heavy atom. The molecular formula is C21H34F2N2O. The van der Waals surface area contributed by atoms with E-state index < -0.39 is 6.43 Å². The lowest BCUT2D eigenvalue weighted by Crippen LogP contribution is -2.45. The molecule has 0 spiro atoms. The molecule has 0 bridgehead atoms. The Morgan fingerprint density at radius 2 is 1.46 bits per heavy atom. The molecule has 0 saturated carbocycles. The molecule has 3 nitrogen and oxygen atoms in total. The number of benzene rings is 1. The topological polar surface area (TPSA) is 35.5 Å². The van der Waals surface area contributed by atoms with Crippen molar-refractivity contribution < 1.29 is 13.9 Å². The van der Waals surface area contributed by atoms with E-state index in [0.717, 1.165) is 42.9 Å². The first-order valence-corrected chi connectivity index (χ1v) is 9.52. The van der Waals surface area contributed by atoms with Gasteiger partial charge in [-0.1, -0.05) is 41.5 Å². The molecule has 2 N–H and O–H groups in total. The van der Waals surface area contributed by atoms with E-state index in [1.165, 1.54) is 0 Å². The first-order valence-electron chi connectivity index (χ1n) is 9.52. The maximum Gasteiger partial charge on any atom is 0.240 e. The molecule has 0 aliphatic carbocycles. The summed E-state index contributed by atoms with van der Waals surface area (Å²) in [5, 5.41) is 14.2. The van der Waals surface area contributed by atoms with Crippen molar-refractivity contribution in [1.82, 2.24) is 10.2 Å². The van der Waals surface area contributed by atoms with Crippen LogP contribution in [0.3, 0.4) is 0 Å². The van der Waals surface area contributed by atoms with Crippen molar-refractivity contribution in [3.63, 3.8) is 0 Å². The summed E-state index contributed by atoms with van der Waals surface area (Å²) in [6.45, 7) is 15.4. The van der Waals surface area contributed by atoms with Gasteiger partial charge in [0.1, 0.15) is 5.75 Å². The molecule has 1 aromatic rings. The minimum Gasteiger partial charge on any atom is -0.507 e. The van der Waals surface area contributed by atoms with Crippen LogP contribution in [0.1, 0.15) is 70.7 Å². The highest BCUT2D eigenvalue weighted by atomic mass is 19.3. The predicted molar refractivity (Wildman–Crippen MR) is 103 cm³/mol. The van der Waals surface area contributed by atoms with Crippen molar-refractivity contribution in [3.8, 4) is 5.75 Å². The van der Waals surface area contributed by atoms with E-state index in [1.807, 2.05) is 53.7 Å². The monoisotopic (exact) mass is 368 g/mol. The molecule has 1 heterocycles. The third-order valence-corrected chi connectivity index (χ3v) is 5.13. The summed E-state index contributed by atoms with van der Waals surface area (Å²) in [7, 11) is 0. The summed E-state index contributed by atoms with van der Waals surface area (Å²) in [5.74, 6) is 0.296. The fraction of sp³-hybridized carbons (Fsp3) is 0.714. The molecule has 1 atom stereocenters. The Balaban J connectivity index is 2.59. The maximum atomic E-state index is 13.4. The summed E-state index contributed by atoms with van der Waals surface area (Å²) in [6.07, 6.45) is -2.54. The zero-order valence-electron chi connectivity index (χ0n) is 17.0. The number of alkyl halides is 2. The number of hydrogen-bond acceptors (Lipinski definition) is 3. The van der Waals surface area contributed by atoms with E-state index in [2.05, 4.69) is 10.2 Å². The summed E-state index contributed by atoms with van der Waals surface area (Å²) >= 11 is 0. The highest BCUT2D eigenvalue weighted by molar-refractivity contribution is 5.50. The lowest BCUT2D eigenvalue weighted by molar-refractivity contribution is 0.0738. The van der Waals surface area contributed by atoms with Crippen molar-refractivity contribution in [3.05, 3.63) is 28.8 Å².